The van der Waals surface area contributed by atoms with Crippen LogP contribution in [0.2, 0.25) is 18.1 Å². The van der Waals surface area contributed by atoms with Gasteiger partial charge in [-0.2, -0.15) is 0 Å². The molecule has 1 aromatic rings. The molecule has 0 amide bonds. The standard InChI is InChI=1S/C18H28O3SSi/c1-18(2,3)23(4,5)21-15-10-9-13-17(14-15)22(19,20)16-11-7-6-8-12-16/h6-8,11-12,14,17H,9-10,13H2,1-5H3. The molecule has 5 heteroatoms. The molecular weight excluding hydrogens is 324 g/mol. The molecule has 0 aromatic heterocycles. The summed E-state index contributed by atoms with van der Waals surface area (Å²) in [5.41, 5.74) is 0. The van der Waals surface area contributed by atoms with Gasteiger partial charge in [-0.1, -0.05) is 39.0 Å². The first-order valence-electron chi connectivity index (χ1n) is 8.23. The van der Waals surface area contributed by atoms with Crippen molar-refractivity contribution in [1.29, 1.82) is 0 Å². The van der Waals surface area contributed by atoms with E-state index >= 15 is 0 Å². The quantitative estimate of drug-likeness (QED) is 0.723. The van der Waals surface area contributed by atoms with E-state index in [-0.39, 0.29) is 5.04 Å². The van der Waals surface area contributed by atoms with Gasteiger partial charge in [-0.25, -0.2) is 8.42 Å². The van der Waals surface area contributed by atoms with E-state index in [1.54, 1.807) is 24.3 Å². The summed E-state index contributed by atoms with van der Waals surface area (Å²) in [4.78, 5) is 0.398. The molecule has 3 nitrogen and oxygen atoms in total. The minimum atomic E-state index is -3.33. The molecule has 23 heavy (non-hydrogen) atoms. The average molecular weight is 353 g/mol. The molecule has 2 rings (SSSR count). The van der Waals surface area contributed by atoms with E-state index in [0.29, 0.717) is 11.3 Å². The van der Waals surface area contributed by atoms with E-state index < -0.39 is 23.4 Å². The van der Waals surface area contributed by atoms with Crippen LogP contribution in [0.1, 0.15) is 40.0 Å². The fourth-order valence-corrected chi connectivity index (χ4v) is 5.27. The Bertz CT molecular complexity index is 670. The SMILES string of the molecule is CC(C)(C)[Si](C)(C)OC1=CC(S(=O)(=O)c2ccccc2)CCC1. The maximum absolute atomic E-state index is 12.8. The maximum Gasteiger partial charge on any atom is 0.250 e. The smallest absolute Gasteiger partial charge is 0.250 e. The molecule has 0 spiro atoms. The van der Waals surface area contributed by atoms with Gasteiger partial charge in [-0.3, -0.25) is 0 Å². The minimum absolute atomic E-state index is 0.110. The zero-order chi connectivity index (χ0) is 17.3. The van der Waals surface area contributed by atoms with Crippen LogP contribution >= 0.6 is 0 Å². The lowest BCUT2D eigenvalue weighted by atomic mass is 10.1. The van der Waals surface area contributed by atoms with Gasteiger partial charge in [-0.05, 0) is 49.2 Å². The number of hydrogen-bond acceptors (Lipinski definition) is 3. The van der Waals surface area contributed by atoms with Crippen molar-refractivity contribution < 1.29 is 12.8 Å². The summed E-state index contributed by atoms with van der Waals surface area (Å²) in [7, 11) is -5.25. The third kappa shape index (κ3) is 4.07. The van der Waals surface area contributed by atoms with Crippen LogP contribution in [-0.4, -0.2) is 22.0 Å². The molecule has 0 bridgehead atoms. The van der Waals surface area contributed by atoms with Crippen LogP contribution in [0.25, 0.3) is 0 Å². The van der Waals surface area contributed by atoms with Gasteiger partial charge in [0.1, 0.15) is 0 Å². The Balaban J connectivity index is 2.26. The monoisotopic (exact) mass is 352 g/mol. The number of allylic oxidation sites excluding steroid dienone is 1. The first-order valence-corrected chi connectivity index (χ1v) is 12.7. The summed E-state index contributed by atoms with van der Waals surface area (Å²) in [6.07, 6.45) is 4.22. The Morgan fingerprint density at radius 2 is 1.74 bits per heavy atom. The molecule has 0 saturated heterocycles. The lowest BCUT2D eigenvalue weighted by Gasteiger charge is -2.38. The average Bonchev–Trinajstić information content (AvgIpc) is 2.47. The van der Waals surface area contributed by atoms with Crippen molar-refractivity contribution in [3.63, 3.8) is 0 Å². The Morgan fingerprint density at radius 1 is 1.13 bits per heavy atom. The summed E-state index contributed by atoms with van der Waals surface area (Å²) >= 11 is 0. The van der Waals surface area contributed by atoms with Crippen LogP contribution in [0.3, 0.4) is 0 Å². The van der Waals surface area contributed by atoms with Crippen LogP contribution in [0.5, 0.6) is 0 Å². The predicted octanol–water partition coefficient (Wildman–Crippen LogP) is 4.92. The van der Waals surface area contributed by atoms with Crippen molar-refractivity contribution in [3.05, 3.63) is 42.2 Å². The Labute approximate surface area is 141 Å². The van der Waals surface area contributed by atoms with Crippen molar-refractivity contribution in [2.24, 2.45) is 0 Å². The van der Waals surface area contributed by atoms with Gasteiger partial charge in [0.15, 0.2) is 9.84 Å². The zero-order valence-corrected chi connectivity index (χ0v) is 16.6. The summed E-state index contributed by atoms with van der Waals surface area (Å²) in [6.45, 7) is 11.0. The number of hydrogen-bond donors (Lipinski definition) is 0. The maximum atomic E-state index is 12.8. The minimum Gasteiger partial charge on any atom is -0.547 e. The molecule has 0 fully saturated rings. The normalized spacial score (nSPS) is 20.0. The fourth-order valence-electron chi connectivity index (χ4n) is 2.45. The summed E-state index contributed by atoms with van der Waals surface area (Å²) in [6, 6.07) is 8.72. The molecule has 1 aliphatic rings. The highest BCUT2D eigenvalue weighted by Gasteiger charge is 2.40. The van der Waals surface area contributed by atoms with Crippen LogP contribution < -0.4 is 0 Å². The summed E-state index contributed by atoms with van der Waals surface area (Å²) in [5, 5.41) is -0.363. The molecule has 1 aromatic carbocycles. The third-order valence-corrected chi connectivity index (χ3v) is 11.4. The molecule has 0 heterocycles. The third-order valence-electron chi connectivity index (χ3n) is 4.95. The lowest BCUT2D eigenvalue weighted by molar-refractivity contribution is 0.351. The number of benzene rings is 1. The van der Waals surface area contributed by atoms with Crippen molar-refractivity contribution in [3.8, 4) is 0 Å². The van der Waals surface area contributed by atoms with Crippen LogP contribution in [0.15, 0.2) is 47.1 Å². The molecule has 0 saturated carbocycles. The topological polar surface area (TPSA) is 43.4 Å². The first-order chi connectivity index (χ1) is 10.5. The molecule has 1 aliphatic carbocycles. The van der Waals surface area contributed by atoms with E-state index in [0.717, 1.165) is 18.6 Å². The van der Waals surface area contributed by atoms with Crippen molar-refractivity contribution >= 4 is 18.2 Å². The highest BCUT2D eigenvalue weighted by atomic mass is 32.2. The first kappa shape index (κ1) is 18.3. The Hall–Kier alpha value is -1.07. The number of sulfone groups is 1. The predicted molar refractivity (Wildman–Crippen MR) is 97.6 cm³/mol. The second-order valence-corrected chi connectivity index (χ2v) is 14.7. The van der Waals surface area contributed by atoms with Gasteiger partial charge >= 0.3 is 0 Å². The molecule has 0 aliphatic heterocycles. The molecular formula is C18H28O3SSi. The van der Waals surface area contributed by atoms with Gasteiger partial charge in [0.05, 0.1) is 15.9 Å². The zero-order valence-electron chi connectivity index (χ0n) is 14.8. The highest BCUT2D eigenvalue weighted by Crippen LogP contribution is 2.39. The van der Waals surface area contributed by atoms with Crippen LogP contribution in [0.4, 0.5) is 0 Å². The molecule has 1 atom stereocenters. The van der Waals surface area contributed by atoms with Crippen molar-refractivity contribution in [1.82, 2.24) is 0 Å². The van der Waals surface area contributed by atoms with Gasteiger partial charge < -0.3 is 4.43 Å². The number of rotatable bonds is 4. The van der Waals surface area contributed by atoms with E-state index in [1.165, 1.54) is 0 Å². The van der Waals surface area contributed by atoms with Gasteiger partial charge in [0.2, 0.25) is 8.32 Å². The second kappa shape index (κ2) is 6.44. The molecule has 0 N–H and O–H groups in total. The van der Waals surface area contributed by atoms with Gasteiger partial charge in [0.25, 0.3) is 0 Å². The van der Waals surface area contributed by atoms with Crippen molar-refractivity contribution in [2.45, 2.75) is 68.3 Å². The van der Waals surface area contributed by atoms with Gasteiger partial charge in [-0.15, -0.1) is 0 Å². The van der Waals surface area contributed by atoms with E-state index in [9.17, 15) is 8.42 Å². The van der Waals surface area contributed by atoms with Crippen LogP contribution in [0, 0.1) is 0 Å². The second-order valence-electron chi connectivity index (χ2n) is 7.78. The Morgan fingerprint density at radius 3 is 2.30 bits per heavy atom. The van der Waals surface area contributed by atoms with Crippen LogP contribution in [-0.2, 0) is 14.3 Å². The fraction of sp³-hybridized carbons (Fsp3) is 0.556. The summed E-state index contributed by atoms with van der Waals surface area (Å²) in [5.74, 6) is 0.868. The van der Waals surface area contributed by atoms with E-state index in [4.69, 9.17) is 4.43 Å². The molecule has 128 valence electrons. The van der Waals surface area contributed by atoms with Crippen molar-refractivity contribution in [2.75, 3.05) is 0 Å². The highest BCUT2D eigenvalue weighted by molar-refractivity contribution is 7.92. The largest absolute Gasteiger partial charge is 0.547 e. The molecule has 1 unspecified atom stereocenters. The lowest BCUT2D eigenvalue weighted by Crippen LogP contribution is -2.41. The van der Waals surface area contributed by atoms with Gasteiger partial charge in [0, 0.05) is 6.42 Å². The summed E-state index contributed by atoms with van der Waals surface area (Å²) < 4.78 is 32.0. The Kier molecular flexibility index (Phi) is 5.11. The van der Waals surface area contributed by atoms with E-state index in [1.807, 2.05) is 12.1 Å². The van der Waals surface area contributed by atoms with E-state index in [2.05, 4.69) is 33.9 Å². The molecule has 0 radical (unpaired) electrons.